The Kier molecular flexibility index (Phi) is 12.2. The minimum atomic E-state index is -0.472. The molecular formula is C23H44N2O3. The smallest absolute Gasteiger partial charge is 0.410 e. The molecule has 5 heteroatoms. The lowest BCUT2D eigenvalue weighted by Gasteiger charge is -2.32. The van der Waals surface area contributed by atoms with Crippen LogP contribution in [0.1, 0.15) is 105 Å². The maximum atomic E-state index is 12.3. The molecule has 1 fully saturated rings. The quantitative estimate of drug-likeness (QED) is 0.432. The predicted octanol–water partition coefficient (Wildman–Crippen LogP) is 5.67. The van der Waals surface area contributed by atoms with E-state index in [0.717, 1.165) is 25.8 Å². The van der Waals surface area contributed by atoms with Gasteiger partial charge in [0.05, 0.1) is 0 Å². The molecule has 5 nitrogen and oxygen atoms in total. The van der Waals surface area contributed by atoms with Crippen LogP contribution in [0.25, 0.3) is 0 Å². The molecule has 0 aliphatic carbocycles. The average molecular weight is 397 g/mol. The number of carbonyl (C=O) groups is 2. The monoisotopic (exact) mass is 396 g/mol. The van der Waals surface area contributed by atoms with Crippen molar-refractivity contribution in [2.45, 2.75) is 110 Å². The molecule has 1 heterocycles. The zero-order chi connectivity index (χ0) is 20.8. The Morgan fingerprint density at radius 3 is 1.89 bits per heavy atom. The van der Waals surface area contributed by atoms with Crippen molar-refractivity contribution in [3.05, 3.63) is 0 Å². The Bertz CT molecular complexity index is 438. The number of likely N-dealkylation sites (tertiary alicyclic amines) is 1. The number of amides is 2. The highest BCUT2D eigenvalue weighted by Gasteiger charge is 2.29. The number of carbonyl (C=O) groups excluding carboxylic acids is 2. The van der Waals surface area contributed by atoms with Crippen LogP contribution in [-0.2, 0) is 9.53 Å². The van der Waals surface area contributed by atoms with Crippen LogP contribution in [0.2, 0.25) is 0 Å². The van der Waals surface area contributed by atoms with Gasteiger partial charge in [-0.15, -0.1) is 0 Å². The van der Waals surface area contributed by atoms with Gasteiger partial charge in [0.15, 0.2) is 0 Å². The lowest BCUT2D eigenvalue weighted by Crippen LogP contribution is -2.45. The minimum Gasteiger partial charge on any atom is -0.444 e. The van der Waals surface area contributed by atoms with Gasteiger partial charge < -0.3 is 15.0 Å². The van der Waals surface area contributed by atoms with Crippen molar-refractivity contribution in [3.63, 3.8) is 0 Å². The highest BCUT2D eigenvalue weighted by Crippen LogP contribution is 2.20. The van der Waals surface area contributed by atoms with Gasteiger partial charge in [0, 0.05) is 25.6 Å². The Morgan fingerprint density at radius 2 is 1.39 bits per heavy atom. The molecule has 1 saturated heterocycles. The molecule has 0 unspecified atom stereocenters. The van der Waals surface area contributed by atoms with Crippen molar-refractivity contribution in [3.8, 4) is 0 Å². The van der Waals surface area contributed by atoms with Gasteiger partial charge in [-0.3, -0.25) is 4.79 Å². The van der Waals surface area contributed by atoms with Gasteiger partial charge in [0.2, 0.25) is 5.91 Å². The summed E-state index contributed by atoms with van der Waals surface area (Å²) >= 11 is 0. The largest absolute Gasteiger partial charge is 0.444 e. The number of hydrogen-bond donors (Lipinski definition) is 1. The standard InChI is InChI=1S/C23H44N2O3/c1-5-6-7-8-9-10-11-12-13-14-17-24-21(26)20-15-18-25(19-16-20)22(27)28-23(2,3)4/h20H,5-19H2,1-4H3,(H,24,26). The molecule has 1 aliphatic rings. The molecule has 2 amide bonds. The average Bonchev–Trinajstić information content (AvgIpc) is 2.64. The third-order valence-corrected chi connectivity index (χ3v) is 5.35. The Morgan fingerprint density at radius 1 is 0.893 bits per heavy atom. The van der Waals surface area contributed by atoms with Gasteiger partial charge in [-0.2, -0.15) is 0 Å². The maximum absolute atomic E-state index is 12.3. The van der Waals surface area contributed by atoms with Gasteiger partial charge in [0.25, 0.3) is 0 Å². The van der Waals surface area contributed by atoms with E-state index in [1.54, 1.807) is 4.90 Å². The van der Waals surface area contributed by atoms with E-state index in [1.165, 1.54) is 57.8 Å². The second-order valence-corrected chi connectivity index (χ2v) is 9.21. The molecule has 1 rings (SSSR count). The van der Waals surface area contributed by atoms with E-state index in [1.807, 2.05) is 20.8 Å². The topological polar surface area (TPSA) is 58.6 Å². The number of unbranched alkanes of at least 4 members (excludes halogenated alkanes) is 9. The molecule has 1 aliphatic heterocycles. The Labute approximate surface area is 173 Å². The van der Waals surface area contributed by atoms with Crippen molar-refractivity contribution in [1.29, 1.82) is 0 Å². The van der Waals surface area contributed by atoms with Crippen LogP contribution in [0.15, 0.2) is 0 Å². The lowest BCUT2D eigenvalue weighted by molar-refractivity contribution is -0.126. The van der Waals surface area contributed by atoms with E-state index in [0.29, 0.717) is 13.1 Å². The molecule has 0 aromatic rings. The first-order valence-corrected chi connectivity index (χ1v) is 11.6. The minimum absolute atomic E-state index is 0.0295. The van der Waals surface area contributed by atoms with Crippen molar-refractivity contribution in [1.82, 2.24) is 10.2 Å². The molecule has 0 aromatic carbocycles. The molecule has 0 radical (unpaired) electrons. The van der Waals surface area contributed by atoms with Crippen molar-refractivity contribution in [2.24, 2.45) is 5.92 Å². The molecule has 0 saturated carbocycles. The number of hydrogen-bond acceptors (Lipinski definition) is 3. The van der Waals surface area contributed by atoms with E-state index in [-0.39, 0.29) is 17.9 Å². The van der Waals surface area contributed by atoms with Gasteiger partial charge >= 0.3 is 6.09 Å². The third-order valence-electron chi connectivity index (χ3n) is 5.35. The zero-order valence-corrected chi connectivity index (χ0v) is 18.9. The maximum Gasteiger partial charge on any atom is 0.410 e. The summed E-state index contributed by atoms with van der Waals surface area (Å²) in [6.07, 6.45) is 14.2. The van der Waals surface area contributed by atoms with E-state index in [2.05, 4.69) is 12.2 Å². The van der Waals surface area contributed by atoms with E-state index in [9.17, 15) is 9.59 Å². The van der Waals surface area contributed by atoms with Crippen molar-refractivity contribution < 1.29 is 14.3 Å². The zero-order valence-electron chi connectivity index (χ0n) is 18.9. The van der Waals surface area contributed by atoms with Gasteiger partial charge in [-0.05, 0) is 40.0 Å². The first-order valence-electron chi connectivity index (χ1n) is 11.6. The van der Waals surface area contributed by atoms with Gasteiger partial charge in [0.1, 0.15) is 5.60 Å². The number of rotatable bonds is 12. The number of ether oxygens (including phenoxy) is 1. The van der Waals surface area contributed by atoms with Crippen LogP contribution in [-0.4, -0.2) is 42.1 Å². The summed E-state index contributed by atoms with van der Waals surface area (Å²) in [6, 6.07) is 0. The summed E-state index contributed by atoms with van der Waals surface area (Å²) in [5.41, 5.74) is -0.472. The van der Waals surface area contributed by atoms with Crippen LogP contribution in [0.3, 0.4) is 0 Å². The molecule has 0 atom stereocenters. The van der Waals surface area contributed by atoms with Gasteiger partial charge in [-0.1, -0.05) is 64.7 Å². The van der Waals surface area contributed by atoms with Crippen molar-refractivity contribution >= 4 is 12.0 Å². The lowest BCUT2D eigenvalue weighted by atomic mass is 9.96. The van der Waals surface area contributed by atoms with Crippen LogP contribution >= 0.6 is 0 Å². The predicted molar refractivity (Wildman–Crippen MR) is 115 cm³/mol. The summed E-state index contributed by atoms with van der Waals surface area (Å²) in [5.74, 6) is 0.182. The number of nitrogens with one attached hydrogen (secondary N) is 1. The van der Waals surface area contributed by atoms with Crippen LogP contribution in [0.5, 0.6) is 0 Å². The van der Waals surface area contributed by atoms with Crippen molar-refractivity contribution in [2.75, 3.05) is 19.6 Å². The highest BCUT2D eigenvalue weighted by atomic mass is 16.6. The first-order chi connectivity index (χ1) is 13.3. The summed E-state index contributed by atoms with van der Waals surface area (Å²) in [5, 5.41) is 3.09. The van der Waals surface area contributed by atoms with Crippen LogP contribution < -0.4 is 5.32 Å². The fraction of sp³-hybridized carbons (Fsp3) is 0.913. The molecule has 28 heavy (non-hydrogen) atoms. The second kappa shape index (κ2) is 13.8. The Balaban J connectivity index is 2.02. The molecule has 0 spiro atoms. The highest BCUT2D eigenvalue weighted by molar-refractivity contribution is 5.79. The normalized spacial score (nSPS) is 15.5. The summed E-state index contributed by atoms with van der Waals surface area (Å²) < 4.78 is 5.40. The van der Waals surface area contributed by atoms with E-state index in [4.69, 9.17) is 4.74 Å². The number of piperidine rings is 1. The SMILES string of the molecule is CCCCCCCCCCCCNC(=O)C1CCN(C(=O)OC(C)(C)C)CC1. The van der Waals surface area contributed by atoms with Gasteiger partial charge in [-0.25, -0.2) is 4.79 Å². The summed E-state index contributed by atoms with van der Waals surface area (Å²) in [6.45, 7) is 9.86. The number of nitrogens with zero attached hydrogens (tertiary/aromatic N) is 1. The van der Waals surface area contributed by atoms with Crippen LogP contribution in [0.4, 0.5) is 4.79 Å². The Hall–Kier alpha value is -1.26. The molecular weight excluding hydrogens is 352 g/mol. The first kappa shape index (κ1) is 24.8. The molecule has 0 bridgehead atoms. The van der Waals surface area contributed by atoms with E-state index < -0.39 is 5.60 Å². The second-order valence-electron chi connectivity index (χ2n) is 9.21. The fourth-order valence-corrected chi connectivity index (χ4v) is 3.62. The van der Waals surface area contributed by atoms with E-state index >= 15 is 0 Å². The summed E-state index contributed by atoms with van der Waals surface area (Å²) in [7, 11) is 0. The molecule has 1 N–H and O–H groups in total. The van der Waals surface area contributed by atoms with Crippen LogP contribution in [0, 0.1) is 5.92 Å². The summed E-state index contributed by atoms with van der Waals surface area (Å²) in [4.78, 5) is 26.1. The molecule has 164 valence electrons. The molecule has 0 aromatic heterocycles. The third kappa shape index (κ3) is 11.6. The fourth-order valence-electron chi connectivity index (χ4n) is 3.62.